The second-order valence-corrected chi connectivity index (χ2v) is 7.10. The van der Waals surface area contributed by atoms with Crippen LogP contribution in [-0.4, -0.2) is 47.8 Å². The van der Waals surface area contributed by atoms with Crippen molar-refractivity contribution in [3.05, 3.63) is 70.2 Å². The van der Waals surface area contributed by atoms with Crippen LogP contribution >= 0.6 is 11.6 Å². The molecule has 0 aliphatic carbocycles. The van der Waals surface area contributed by atoms with Gasteiger partial charge in [-0.15, -0.1) is 0 Å². The molecule has 1 aliphatic rings. The lowest BCUT2D eigenvalue weighted by Crippen LogP contribution is -2.51. The van der Waals surface area contributed by atoms with Crippen LogP contribution in [0.15, 0.2) is 48.5 Å². The van der Waals surface area contributed by atoms with Crippen molar-refractivity contribution in [3.8, 4) is 0 Å². The number of rotatable bonds is 4. The van der Waals surface area contributed by atoms with Crippen LogP contribution in [0.25, 0.3) is 0 Å². The second-order valence-electron chi connectivity index (χ2n) is 6.70. The summed E-state index contributed by atoms with van der Waals surface area (Å²) in [6.45, 7) is 4.33. The van der Waals surface area contributed by atoms with E-state index in [4.69, 9.17) is 11.6 Å². The third-order valence-corrected chi connectivity index (χ3v) is 5.09. The number of carbonyl (C=O) groups excluding carboxylic acids is 2. The zero-order valence-electron chi connectivity index (χ0n) is 15.0. The van der Waals surface area contributed by atoms with Crippen molar-refractivity contribution in [3.63, 3.8) is 0 Å². The first-order valence-corrected chi connectivity index (χ1v) is 9.25. The number of aryl methyl sites for hydroxylation is 1. The van der Waals surface area contributed by atoms with E-state index in [0.29, 0.717) is 44.0 Å². The maximum Gasteiger partial charge on any atom is 0.227 e. The van der Waals surface area contributed by atoms with Crippen molar-refractivity contribution in [2.75, 3.05) is 26.2 Å². The molecule has 0 radical (unpaired) electrons. The van der Waals surface area contributed by atoms with Crippen LogP contribution in [0.2, 0.25) is 5.02 Å². The van der Waals surface area contributed by atoms with Gasteiger partial charge >= 0.3 is 0 Å². The highest BCUT2D eigenvalue weighted by Gasteiger charge is 2.24. The first kappa shape index (κ1) is 18.5. The number of halogens is 1. The quantitative estimate of drug-likeness (QED) is 0.829. The molecule has 136 valence electrons. The summed E-state index contributed by atoms with van der Waals surface area (Å²) in [6, 6.07) is 15.4. The monoisotopic (exact) mass is 370 g/mol. The lowest BCUT2D eigenvalue weighted by molar-refractivity contribution is -0.138. The Morgan fingerprint density at radius 3 is 2.12 bits per heavy atom. The molecule has 1 saturated heterocycles. The fraction of sp³-hybridized carbons (Fsp3) is 0.333. The third-order valence-electron chi connectivity index (χ3n) is 4.72. The lowest BCUT2D eigenvalue weighted by atomic mass is 10.1. The van der Waals surface area contributed by atoms with Gasteiger partial charge in [-0.2, -0.15) is 0 Å². The molecule has 1 heterocycles. The fourth-order valence-corrected chi connectivity index (χ4v) is 3.43. The number of piperazine rings is 1. The van der Waals surface area contributed by atoms with Gasteiger partial charge in [0.1, 0.15) is 0 Å². The average molecular weight is 371 g/mol. The van der Waals surface area contributed by atoms with Crippen molar-refractivity contribution >= 4 is 23.4 Å². The highest BCUT2D eigenvalue weighted by Crippen LogP contribution is 2.17. The van der Waals surface area contributed by atoms with E-state index >= 15 is 0 Å². The maximum atomic E-state index is 12.5. The van der Waals surface area contributed by atoms with Crippen LogP contribution in [0, 0.1) is 6.92 Å². The van der Waals surface area contributed by atoms with Crippen molar-refractivity contribution in [1.29, 1.82) is 0 Å². The Balaban J connectivity index is 1.51. The largest absolute Gasteiger partial charge is 0.339 e. The molecular weight excluding hydrogens is 348 g/mol. The number of nitrogens with zero attached hydrogens (tertiary/aromatic N) is 2. The number of hydrogen-bond donors (Lipinski definition) is 0. The zero-order chi connectivity index (χ0) is 18.5. The molecule has 1 fully saturated rings. The minimum atomic E-state index is 0.0592. The molecule has 0 unspecified atom stereocenters. The van der Waals surface area contributed by atoms with E-state index in [2.05, 4.69) is 0 Å². The molecule has 0 aromatic heterocycles. The summed E-state index contributed by atoms with van der Waals surface area (Å²) in [7, 11) is 0. The summed E-state index contributed by atoms with van der Waals surface area (Å²) < 4.78 is 0. The van der Waals surface area contributed by atoms with E-state index in [-0.39, 0.29) is 11.8 Å². The minimum absolute atomic E-state index is 0.0592. The Kier molecular flexibility index (Phi) is 5.94. The second kappa shape index (κ2) is 8.37. The molecule has 0 saturated carbocycles. The van der Waals surface area contributed by atoms with Crippen LogP contribution in [0.4, 0.5) is 0 Å². The number of benzene rings is 2. The van der Waals surface area contributed by atoms with E-state index in [1.54, 1.807) is 6.07 Å². The fourth-order valence-electron chi connectivity index (χ4n) is 3.23. The molecule has 2 amide bonds. The first-order chi connectivity index (χ1) is 12.5. The molecule has 5 heteroatoms. The molecule has 0 spiro atoms. The van der Waals surface area contributed by atoms with E-state index in [1.165, 1.54) is 0 Å². The molecule has 2 aromatic rings. The van der Waals surface area contributed by atoms with E-state index in [0.717, 1.165) is 16.7 Å². The van der Waals surface area contributed by atoms with Gasteiger partial charge in [-0.1, -0.05) is 59.6 Å². The predicted molar refractivity (Wildman–Crippen MR) is 103 cm³/mol. The molecule has 1 aliphatic heterocycles. The van der Waals surface area contributed by atoms with Gasteiger partial charge in [0, 0.05) is 31.2 Å². The Hall–Kier alpha value is -2.33. The SMILES string of the molecule is Cc1cccc(CC(=O)N2CCN(C(=O)Cc3ccccc3Cl)CC2)c1. The molecule has 26 heavy (non-hydrogen) atoms. The Morgan fingerprint density at radius 2 is 1.50 bits per heavy atom. The van der Waals surface area contributed by atoms with E-state index < -0.39 is 0 Å². The minimum Gasteiger partial charge on any atom is -0.339 e. The summed E-state index contributed by atoms with van der Waals surface area (Å²) >= 11 is 6.14. The Morgan fingerprint density at radius 1 is 0.885 bits per heavy atom. The van der Waals surface area contributed by atoms with E-state index in [9.17, 15) is 9.59 Å². The van der Waals surface area contributed by atoms with Crippen molar-refractivity contribution in [1.82, 2.24) is 9.80 Å². The molecule has 4 nitrogen and oxygen atoms in total. The van der Waals surface area contributed by atoms with Gasteiger partial charge in [0.25, 0.3) is 0 Å². The number of amides is 2. The van der Waals surface area contributed by atoms with Crippen molar-refractivity contribution < 1.29 is 9.59 Å². The average Bonchev–Trinajstić information content (AvgIpc) is 2.64. The van der Waals surface area contributed by atoms with Gasteiger partial charge in [-0.25, -0.2) is 0 Å². The molecule has 2 aromatic carbocycles. The Labute approximate surface area is 159 Å². The number of hydrogen-bond acceptors (Lipinski definition) is 2. The van der Waals surface area contributed by atoms with Gasteiger partial charge in [-0.3, -0.25) is 9.59 Å². The van der Waals surface area contributed by atoms with Crippen LogP contribution in [0.5, 0.6) is 0 Å². The molecule has 0 bridgehead atoms. The van der Waals surface area contributed by atoms with Crippen LogP contribution in [0.3, 0.4) is 0 Å². The molecule has 0 atom stereocenters. The van der Waals surface area contributed by atoms with Gasteiger partial charge < -0.3 is 9.80 Å². The van der Waals surface area contributed by atoms with Gasteiger partial charge in [0.2, 0.25) is 11.8 Å². The summed E-state index contributed by atoms with van der Waals surface area (Å²) in [5, 5.41) is 0.618. The number of carbonyl (C=O) groups is 2. The smallest absolute Gasteiger partial charge is 0.227 e. The summed E-state index contributed by atoms with van der Waals surface area (Å²) in [6.07, 6.45) is 0.714. The van der Waals surface area contributed by atoms with Gasteiger partial charge in [0.15, 0.2) is 0 Å². The predicted octanol–water partition coefficient (Wildman–Crippen LogP) is 3.10. The van der Waals surface area contributed by atoms with Crippen LogP contribution < -0.4 is 0 Å². The third kappa shape index (κ3) is 4.64. The molecular formula is C21H23ClN2O2. The highest BCUT2D eigenvalue weighted by atomic mass is 35.5. The van der Waals surface area contributed by atoms with Crippen molar-refractivity contribution in [2.45, 2.75) is 19.8 Å². The molecule has 3 rings (SSSR count). The molecule has 0 N–H and O–H groups in total. The summed E-state index contributed by atoms with van der Waals surface area (Å²) in [5.74, 6) is 0.178. The lowest BCUT2D eigenvalue weighted by Gasteiger charge is -2.35. The summed E-state index contributed by atoms with van der Waals surface area (Å²) in [4.78, 5) is 28.7. The van der Waals surface area contributed by atoms with Crippen LogP contribution in [0.1, 0.15) is 16.7 Å². The van der Waals surface area contributed by atoms with Crippen LogP contribution in [-0.2, 0) is 22.4 Å². The van der Waals surface area contributed by atoms with E-state index in [1.807, 2.05) is 59.2 Å². The van der Waals surface area contributed by atoms with Gasteiger partial charge in [0.05, 0.1) is 12.8 Å². The Bertz CT molecular complexity index is 798. The first-order valence-electron chi connectivity index (χ1n) is 8.87. The summed E-state index contributed by atoms with van der Waals surface area (Å²) in [5.41, 5.74) is 3.04. The zero-order valence-corrected chi connectivity index (χ0v) is 15.7. The normalized spacial score (nSPS) is 14.4. The standard InChI is InChI=1S/C21H23ClN2O2/c1-16-5-4-6-17(13-16)14-20(25)23-9-11-24(12-10-23)21(26)15-18-7-2-3-8-19(18)22/h2-8,13H,9-12,14-15H2,1H3. The van der Waals surface area contributed by atoms with Gasteiger partial charge in [-0.05, 0) is 24.1 Å². The van der Waals surface area contributed by atoms with Crippen molar-refractivity contribution in [2.24, 2.45) is 0 Å². The topological polar surface area (TPSA) is 40.6 Å². The highest BCUT2D eigenvalue weighted by molar-refractivity contribution is 6.31. The maximum absolute atomic E-state index is 12.5.